The molecule has 0 aliphatic rings. The Morgan fingerprint density at radius 2 is 1.53 bits per heavy atom. The number of thioether (sulfide) groups is 1. The van der Waals surface area contributed by atoms with Crippen LogP contribution in [0.15, 0.2) is 76.5 Å². The van der Waals surface area contributed by atoms with Gasteiger partial charge in [0, 0.05) is 17.2 Å². The molecule has 3 aromatic carbocycles. The smallest absolute Gasteiger partial charge is 0.465 e. The van der Waals surface area contributed by atoms with Crippen molar-refractivity contribution in [1.82, 2.24) is 4.72 Å². The summed E-state index contributed by atoms with van der Waals surface area (Å²) in [5, 5.41) is 0. The number of esters is 1. The van der Waals surface area contributed by atoms with Gasteiger partial charge in [0.15, 0.2) is 0 Å². The molecule has 7 nitrogen and oxygen atoms in total. The minimum absolute atomic E-state index is 0.0296. The van der Waals surface area contributed by atoms with E-state index in [-0.39, 0.29) is 22.8 Å². The highest BCUT2D eigenvalue weighted by atomic mass is 32.2. The molecule has 0 spiro atoms. The highest BCUT2D eigenvalue weighted by Crippen LogP contribution is 2.28. The molecule has 0 bridgehead atoms. The van der Waals surface area contributed by atoms with Crippen LogP contribution in [0.1, 0.15) is 15.9 Å². The van der Waals surface area contributed by atoms with Crippen molar-refractivity contribution in [1.29, 1.82) is 0 Å². The molecule has 0 aliphatic carbocycles. The van der Waals surface area contributed by atoms with Gasteiger partial charge in [0.1, 0.15) is 17.2 Å². The van der Waals surface area contributed by atoms with Gasteiger partial charge in [-0.3, -0.25) is 0 Å². The summed E-state index contributed by atoms with van der Waals surface area (Å²) in [5.74, 6) is 0.301. The van der Waals surface area contributed by atoms with Crippen LogP contribution in [0.4, 0.5) is 13.2 Å². The lowest BCUT2D eigenvalue weighted by Gasteiger charge is -2.11. The van der Waals surface area contributed by atoms with Crippen molar-refractivity contribution in [3.05, 3.63) is 77.9 Å². The Morgan fingerprint density at radius 3 is 2.11 bits per heavy atom. The summed E-state index contributed by atoms with van der Waals surface area (Å²) in [6.07, 6.45) is -4.76. The molecular formula is C24H22F3NO6S2. The number of carbonyl (C=O) groups excluding carboxylic acids is 1. The normalized spacial score (nSPS) is 11.7. The first-order chi connectivity index (χ1) is 17.0. The van der Waals surface area contributed by atoms with Crippen LogP contribution < -0.4 is 14.2 Å². The van der Waals surface area contributed by atoms with Gasteiger partial charge in [-0.05, 0) is 73.2 Å². The highest BCUT2D eigenvalue weighted by molar-refractivity contribution is 7.99. The molecule has 0 heterocycles. The molecule has 192 valence electrons. The van der Waals surface area contributed by atoms with E-state index in [1.165, 1.54) is 43.1 Å². The predicted molar refractivity (Wildman–Crippen MR) is 128 cm³/mol. The van der Waals surface area contributed by atoms with Crippen molar-refractivity contribution < 1.29 is 40.6 Å². The van der Waals surface area contributed by atoms with Gasteiger partial charge in [0.25, 0.3) is 0 Å². The van der Waals surface area contributed by atoms with Crippen molar-refractivity contribution in [2.45, 2.75) is 23.1 Å². The Kier molecular flexibility index (Phi) is 8.88. The van der Waals surface area contributed by atoms with E-state index in [4.69, 9.17) is 4.74 Å². The number of hydrogen-bond donors (Lipinski definition) is 1. The minimum Gasteiger partial charge on any atom is -0.465 e. The van der Waals surface area contributed by atoms with Crippen molar-refractivity contribution in [3.8, 4) is 17.2 Å². The topological polar surface area (TPSA) is 90.9 Å². The summed E-state index contributed by atoms with van der Waals surface area (Å²) >= 11 is 1.41. The summed E-state index contributed by atoms with van der Waals surface area (Å²) in [5.41, 5.74) is 0.791. The molecule has 0 unspecified atom stereocenters. The third-order valence-corrected chi connectivity index (χ3v) is 7.18. The van der Waals surface area contributed by atoms with E-state index < -0.39 is 22.4 Å². The SMILES string of the molecule is COC(=O)c1cc(S(=O)(=O)NCCSc2ccc(Oc3ccc(OC(F)(F)F)cc3)cc2)ccc1C. The Bertz CT molecular complexity index is 1290. The number of aryl methyl sites for hydroxylation is 1. The maximum Gasteiger partial charge on any atom is 0.573 e. The molecule has 0 atom stereocenters. The Hall–Kier alpha value is -3.22. The fraction of sp³-hybridized carbons (Fsp3) is 0.208. The van der Waals surface area contributed by atoms with E-state index in [9.17, 15) is 26.4 Å². The molecule has 0 saturated carbocycles. The van der Waals surface area contributed by atoms with Gasteiger partial charge in [0.2, 0.25) is 10.0 Å². The van der Waals surface area contributed by atoms with Crippen LogP contribution >= 0.6 is 11.8 Å². The van der Waals surface area contributed by atoms with Gasteiger partial charge >= 0.3 is 12.3 Å². The van der Waals surface area contributed by atoms with Crippen molar-refractivity contribution in [2.24, 2.45) is 0 Å². The number of benzene rings is 3. The van der Waals surface area contributed by atoms with Gasteiger partial charge in [0.05, 0.1) is 17.6 Å². The third-order valence-electron chi connectivity index (χ3n) is 4.70. The lowest BCUT2D eigenvalue weighted by molar-refractivity contribution is -0.274. The maximum atomic E-state index is 12.6. The van der Waals surface area contributed by atoms with Gasteiger partial charge in [-0.2, -0.15) is 0 Å². The first-order valence-electron chi connectivity index (χ1n) is 10.4. The first kappa shape index (κ1) is 27.4. The van der Waals surface area contributed by atoms with E-state index in [0.717, 1.165) is 17.0 Å². The summed E-state index contributed by atoms with van der Waals surface area (Å²) in [6, 6.07) is 16.2. The van der Waals surface area contributed by atoms with Gasteiger partial charge < -0.3 is 14.2 Å². The molecule has 0 aromatic heterocycles. The van der Waals surface area contributed by atoms with Crippen molar-refractivity contribution in [3.63, 3.8) is 0 Å². The Labute approximate surface area is 210 Å². The van der Waals surface area contributed by atoms with E-state index in [1.807, 2.05) is 0 Å². The molecule has 0 radical (unpaired) electrons. The molecule has 3 aromatic rings. The number of hydrogen-bond acceptors (Lipinski definition) is 7. The Morgan fingerprint density at radius 1 is 0.944 bits per heavy atom. The zero-order valence-corrected chi connectivity index (χ0v) is 20.8. The summed E-state index contributed by atoms with van der Waals surface area (Å²) < 4.78 is 78.5. The third kappa shape index (κ3) is 7.90. The molecule has 0 saturated heterocycles. The average molecular weight is 542 g/mol. The highest BCUT2D eigenvalue weighted by Gasteiger charge is 2.31. The van der Waals surface area contributed by atoms with E-state index in [1.54, 1.807) is 37.3 Å². The molecular weight excluding hydrogens is 519 g/mol. The number of methoxy groups -OCH3 is 1. The Balaban J connectivity index is 1.50. The van der Waals surface area contributed by atoms with Crippen LogP contribution in [0.3, 0.4) is 0 Å². The zero-order valence-electron chi connectivity index (χ0n) is 19.2. The van der Waals surface area contributed by atoms with Gasteiger partial charge in [-0.1, -0.05) is 6.07 Å². The predicted octanol–water partition coefficient (Wildman–Crippen LogP) is 5.54. The summed E-state index contributed by atoms with van der Waals surface area (Å²) in [6.45, 7) is 1.84. The number of ether oxygens (including phenoxy) is 3. The summed E-state index contributed by atoms with van der Waals surface area (Å²) in [4.78, 5) is 12.7. The lowest BCUT2D eigenvalue weighted by Crippen LogP contribution is -2.26. The van der Waals surface area contributed by atoms with Crippen molar-refractivity contribution >= 4 is 27.8 Å². The molecule has 0 aliphatic heterocycles. The number of nitrogens with one attached hydrogen (secondary N) is 1. The van der Waals surface area contributed by atoms with E-state index >= 15 is 0 Å². The van der Waals surface area contributed by atoms with Crippen LogP contribution in [0.5, 0.6) is 17.2 Å². The van der Waals surface area contributed by atoms with Crippen molar-refractivity contribution in [2.75, 3.05) is 19.4 Å². The monoisotopic (exact) mass is 541 g/mol. The second-order valence-corrected chi connectivity index (χ2v) is 10.2. The van der Waals surface area contributed by atoms with Crippen LogP contribution in [-0.4, -0.2) is 40.2 Å². The first-order valence-corrected chi connectivity index (χ1v) is 12.9. The molecule has 3 rings (SSSR count). The second-order valence-electron chi connectivity index (χ2n) is 7.31. The number of sulfonamides is 1. The number of halogens is 3. The van der Waals surface area contributed by atoms with Gasteiger partial charge in [-0.15, -0.1) is 24.9 Å². The largest absolute Gasteiger partial charge is 0.573 e. The molecule has 36 heavy (non-hydrogen) atoms. The fourth-order valence-corrected chi connectivity index (χ4v) is 4.93. The van der Waals surface area contributed by atoms with Crippen LogP contribution in [0.25, 0.3) is 0 Å². The standard InChI is InChI=1S/C24H22F3NO6S2/c1-16-3-12-21(15-22(16)23(29)32-2)36(30,31)28-13-14-35-20-10-8-18(9-11-20)33-17-4-6-19(7-5-17)34-24(25,26)27/h3-12,15,28H,13-14H2,1-2H3. The van der Waals surface area contributed by atoms with Crippen LogP contribution in [-0.2, 0) is 14.8 Å². The summed E-state index contributed by atoms with van der Waals surface area (Å²) in [7, 11) is -2.59. The quantitative estimate of drug-likeness (QED) is 0.205. The fourth-order valence-electron chi connectivity index (χ4n) is 2.98. The zero-order chi connectivity index (χ0) is 26.3. The maximum absolute atomic E-state index is 12.6. The lowest BCUT2D eigenvalue weighted by atomic mass is 10.1. The van der Waals surface area contributed by atoms with Gasteiger partial charge in [-0.25, -0.2) is 17.9 Å². The average Bonchev–Trinajstić information content (AvgIpc) is 2.83. The van der Waals surface area contributed by atoms with E-state index in [2.05, 4.69) is 14.2 Å². The number of rotatable bonds is 10. The van der Waals surface area contributed by atoms with Crippen LogP contribution in [0, 0.1) is 6.92 Å². The second kappa shape index (κ2) is 11.7. The van der Waals surface area contributed by atoms with E-state index in [0.29, 0.717) is 22.8 Å². The number of carbonyl (C=O) groups is 1. The minimum atomic E-state index is -4.76. The number of alkyl halides is 3. The molecule has 12 heteroatoms. The molecule has 0 fully saturated rings. The molecule has 0 amide bonds. The van der Waals surface area contributed by atoms with Crippen LogP contribution in [0.2, 0.25) is 0 Å². The molecule has 1 N–H and O–H groups in total.